The molecule has 0 spiro atoms. The van der Waals surface area contributed by atoms with Gasteiger partial charge in [-0.25, -0.2) is 15.6 Å². The van der Waals surface area contributed by atoms with Crippen molar-refractivity contribution in [2.45, 2.75) is 18.5 Å². The molecule has 166 valence electrons. The van der Waals surface area contributed by atoms with Gasteiger partial charge in [0.05, 0.1) is 11.3 Å². The van der Waals surface area contributed by atoms with Crippen LogP contribution in [-0.2, 0) is 24.1 Å². The van der Waals surface area contributed by atoms with Crippen LogP contribution in [0.2, 0.25) is 0 Å². The monoisotopic (exact) mass is 468 g/mol. The van der Waals surface area contributed by atoms with E-state index in [2.05, 4.69) is 15.0 Å². The summed E-state index contributed by atoms with van der Waals surface area (Å²) < 4.78 is 0. The van der Waals surface area contributed by atoms with Gasteiger partial charge in [-0.05, 0) is 18.4 Å². The zero-order valence-corrected chi connectivity index (χ0v) is 17.9. The van der Waals surface area contributed by atoms with Crippen molar-refractivity contribution in [1.82, 2.24) is 15.4 Å². The first-order valence-corrected chi connectivity index (χ1v) is 10.5. The maximum atomic E-state index is 12.9. The van der Waals surface area contributed by atoms with Gasteiger partial charge in [0.15, 0.2) is 5.84 Å². The van der Waals surface area contributed by atoms with Crippen LogP contribution in [0.5, 0.6) is 0 Å². The average Bonchev–Trinajstić information content (AvgIpc) is 2.74. The summed E-state index contributed by atoms with van der Waals surface area (Å²) in [5.41, 5.74) is 13.8. The van der Waals surface area contributed by atoms with Crippen LogP contribution in [0.3, 0.4) is 0 Å². The number of β-lactam (4-membered cyclic amide) rings is 1. The van der Waals surface area contributed by atoms with E-state index in [-0.39, 0.29) is 35.3 Å². The lowest BCUT2D eigenvalue weighted by atomic mass is 9.97. The summed E-state index contributed by atoms with van der Waals surface area (Å²) in [7, 11) is 0. The van der Waals surface area contributed by atoms with E-state index in [1.165, 1.54) is 28.1 Å². The summed E-state index contributed by atoms with van der Waals surface area (Å²) in [4.78, 5) is 52.1. The molecule has 0 aromatic heterocycles. The molecule has 3 aliphatic rings. The number of aliphatic imine (C=N–C) groups is 1. The second-order valence-electron chi connectivity index (χ2n) is 6.33. The summed E-state index contributed by atoms with van der Waals surface area (Å²) >= 11 is 6.29. The number of oxime groups is 1. The van der Waals surface area contributed by atoms with Crippen LogP contribution in [-0.4, -0.2) is 69.0 Å². The fourth-order valence-electron chi connectivity index (χ4n) is 2.97. The van der Waals surface area contributed by atoms with Gasteiger partial charge in [0, 0.05) is 11.3 Å². The Labute approximate surface area is 186 Å². The Kier molecular flexibility index (Phi) is 6.89. The van der Waals surface area contributed by atoms with Gasteiger partial charge in [-0.2, -0.15) is 5.48 Å². The lowest BCUT2D eigenvalue weighted by molar-refractivity contribution is -0.158. The first-order valence-electron chi connectivity index (χ1n) is 8.95. The van der Waals surface area contributed by atoms with E-state index in [4.69, 9.17) is 34.4 Å². The summed E-state index contributed by atoms with van der Waals surface area (Å²) in [6.07, 6.45) is 1.42. The molecule has 0 saturated carbocycles. The number of nitrogens with zero attached hydrogens (tertiary/aromatic N) is 4. The van der Waals surface area contributed by atoms with Crippen molar-refractivity contribution in [1.29, 1.82) is 0 Å². The van der Waals surface area contributed by atoms with Crippen molar-refractivity contribution in [2.24, 2.45) is 33.4 Å². The molecule has 31 heavy (non-hydrogen) atoms. The molecule has 0 aromatic rings. The fourth-order valence-corrected chi connectivity index (χ4v) is 4.70. The van der Waals surface area contributed by atoms with Gasteiger partial charge >= 0.3 is 5.97 Å². The highest BCUT2D eigenvalue weighted by molar-refractivity contribution is 8.00. The van der Waals surface area contributed by atoms with Crippen LogP contribution in [0.25, 0.3) is 0 Å². The van der Waals surface area contributed by atoms with E-state index in [9.17, 15) is 14.4 Å². The predicted molar refractivity (Wildman–Crippen MR) is 115 cm³/mol. The molecule has 3 atom stereocenters. The molecule has 7 N–H and O–H groups in total. The molecule has 0 radical (unpaired) electrons. The third kappa shape index (κ3) is 4.39. The number of hydrogen-bond acceptors (Lipinski definition) is 13. The van der Waals surface area contributed by atoms with Gasteiger partial charge in [0.25, 0.3) is 5.91 Å². The number of nitrogens with one attached hydrogen (secondary N) is 1. The van der Waals surface area contributed by atoms with Crippen molar-refractivity contribution in [2.75, 3.05) is 12.4 Å². The summed E-state index contributed by atoms with van der Waals surface area (Å²) in [6.45, 7) is 1.94. The molecule has 0 aromatic carbocycles. The number of nitrogens with two attached hydrogens (primary N) is 3. The molecule has 13 nitrogen and oxygen atoms in total. The van der Waals surface area contributed by atoms with E-state index in [1.54, 1.807) is 6.92 Å². The summed E-state index contributed by atoms with van der Waals surface area (Å²) in [5, 5.41) is 5.43. The highest BCUT2D eigenvalue weighted by Crippen LogP contribution is 2.44. The maximum absolute atomic E-state index is 12.9. The third-order valence-electron chi connectivity index (χ3n) is 4.38. The van der Waals surface area contributed by atoms with Crippen molar-refractivity contribution in [3.8, 4) is 0 Å². The minimum Gasteiger partial charge on any atom is -0.396 e. The van der Waals surface area contributed by atoms with Gasteiger partial charge in [-0.15, -0.1) is 11.8 Å². The van der Waals surface area contributed by atoms with Gasteiger partial charge < -0.3 is 21.1 Å². The fraction of sp³-hybridized carbons (Fsp3) is 0.375. The zero-order valence-electron chi connectivity index (χ0n) is 16.3. The molecule has 2 unspecified atom stereocenters. The first kappa shape index (κ1) is 22.7. The lowest BCUT2D eigenvalue weighted by Crippen LogP contribution is -2.63. The number of thioether (sulfide) groups is 1. The lowest BCUT2D eigenvalue weighted by Gasteiger charge is -2.48. The van der Waals surface area contributed by atoms with Gasteiger partial charge in [-0.1, -0.05) is 17.4 Å². The second kappa shape index (κ2) is 9.42. The number of amides is 2. The molecule has 1 saturated heterocycles. The number of thiocarbonyl (C=S) groups is 1. The quantitative estimate of drug-likeness (QED) is 0.111. The average molecular weight is 469 g/mol. The molecule has 3 rings (SSSR count). The van der Waals surface area contributed by atoms with Crippen LogP contribution < -0.4 is 22.8 Å². The van der Waals surface area contributed by atoms with Crippen LogP contribution in [0, 0.1) is 5.92 Å². The van der Waals surface area contributed by atoms with Crippen molar-refractivity contribution >= 4 is 59.2 Å². The Morgan fingerprint density at radius 1 is 1.52 bits per heavy atom. The van der Waals surface area contributed by atoms with Crippen molar-refractivity contribution < 1.29 is 24.1 Å². The van der Waals surface area contributed by atoms with Crippen molar-refractivity contribution in [3.05, 3.63) is 23.2 Å². The number of hydroxylamine groups is 1. The number of rotatable bonds is 6. The molecule has 3 aliphatic heterocycles. The second-order valence-corrected chi connectivity index (χ2v) is 7.71. The number of carbonyl (C=O) groups is 3. The van der Waals surface area contributed by atoms with Crippen LogP contribution in [0.4, 0.5) is 0 Å². The first-order chi connectivity index (χ1) is 14.8. The van der Waals surface area contributed by atoms with E-state index in [0.29, 0.717) is 0 Å². The highest BCUT2D eigenvalue weighted by atomic mass is 32.2. The van der Waals surface area contributed by atoms with Crippen LogP contribution in [0.1, 0.15) is 6.92 Å². The van der Waals surface area contributed by atoms with Crippen LogP contribution >= 0.6 is 24.0 Å². The standard InChI is InChI=1S/C16H20N8O5S2/c1-2-28-20-4-11(25)22-29-16(27)12-8(13-21-9(17)3-10(18)24(13)19)6-31-15-7(5-30)14(26)23(12)15/h3-5,7,10,15H,2,6,17-19H2,1H3,(H,22,25)/t7?,10?,15-/m0/s1. The molecule has 15 heteroatoms. The number of hydrogen-bond donors (Lipinski definition) is 4. The van der Waals surface area contributed by atoms with Crippen LogP contribution in [0.15, 0.2) is 33.3 Å². The van der Waals surface area contributed by atoms with E-state index >= 15 is 0 Å². The minimum absolute atomic E-state index is 0.101. The van der Waals surface area contributed by atoms with E-state index in [0.717, 1.165) is 11.2 Å². The Morgan fingerprint density at radius 3 is 2.94 bits per heavy atom. The normalized spacial score (nSPS) is 25.4. The Bertz CT molecular complexity index is 933. The molecule has 0 aliphatic carbocycles. The summed E-state index contributed by atoms with van der Waals surface area (Å²) in [5.74, 6) is 3.67. The Hall–Kier alpha value is -3.01. The number of carbonyl (C=O) groups excluding carboxylic acids is 3. The minimum atomic E-state index is -1.01. The zero-order chi connectivity index (χ0) is 22.7. The SMILES string of the molecule is CCON=CC(=O)NOC(=O)C1=C(C2=NC(N)=CC(N)N2N)CS[C@H]2C(C=S)C(=O)N12. The van der Waals surface area contributed by atoms with E-state index in [1.807, 2.05) is 5.48 Å². The number of fused-ring (bicyclic) bond motifs is 1. The van der Waals surface area contributed by atoms with Crippen molar-refractivity contribution in [3.63, 3.8) is 0 Å². The molecule has 3 heterocycles. The maximum Gasteiger partial charge on any atom is 0.379 e. The molecular weight excluding hydrogens is 448 g/mol. The number of amidine groups is 1. The molecule has 0 bridgehead atoms. The topological polar surface area (TPSA) is 191 Å². The third-order valence-corrected chi connectivity index (χ3v) is 5.97. The summed E-state index contributed by atoms with van der Waals surface area (Å²) in [6, 6.07) is 0. The molecule has 2 amide bonds. The van der Waals surface area contributed by atoms with Gasteiger partial charge in [0.1, 0.15) is 30.5 Å². The van der Waals surface area contributed by atoms with Gasteiger partial charge in [0.2, 0.25) is 5.91 Å². The van der Waals surface area contributed by atoms with Gasteiger partial charge in [-0.3, -0.25) is 19.5 Å². The Morgan fingerprint density at radius 2 is 2.26 bits per heavy atom. The smallest absolute Gasteiger partial charge is 0.379 e. The Balaban J connectivity index is 1.92. The van der Waals surface area contributed by atoms with E-state index < -0.39 is 35.2 Å². The largest absolute Gasteiger partial charge is 0.396 e. The molecule has 1 fully saturated rings. The number of hydrazine groups is 1. The highest BCUT2D eigenvalue weighted by Gasteiger charge is 2.54. The molecular formula is C16H20N8O5S2. The predicted octanol–water partition coefficient (Wildman–Crippen LogP) is -1.96.